The number of hydrogen-bond acceptors (Lipinski definition) is 2. The number of hydrogen-bond donors (Lipinski definition) is 1. The van der Waals surface area contributed by atoms with Gasteiger partial charge in [-0.05, 0) is 36.1 Å². The maximum atomic E-state index is 13.8. The van der Waals surface area contributed by atoms with Crippen molar-refractivity contribution in [1.29, 1.82) is 0 Å². The molecule has 2 rings (SSSR count). The van der Waals surface area contributed by atoms with Crippen LogP contribution in [0, 0.1) is 5.82 Å². The van der Waals surface area contributed by atoms with Crippen molar-refractivity contribution in [2.45, 2.75) is 4.90 Å². The maximum absolute atomic E-state index is 13.8. The smallest absolute Gasteiger partial charge is 0.134 e. The van der Waals surface area contributed by atoms with Crippen LogP contribution in [0.1, 0.15) is 0 Å². The van der Waals surface area contributed by atoms with E-state index in [4.69, 9.17) is 17.3 Å². The van der Waals surface area contributed by atoms with E-state index in [0.717, 1.165) is 10.5 Å². The quantitative estimate of drug-likeness (QED) is 0.643. The van der Waals surface area contributed by atoms with Crippen LogP contribution in [0.4, 0.5) is 10.1 Å². The molecule has 2 aromatic rings. The zero-order valence-corrected chi connectivity index (χ0v) is 10.8. The molecule has 88 valence electrons. The molecule has 17 heavy (non-hydrogen) atoms. The summed E-state index contributed by atoms with van der Waals surface area (Å²) >= 11 is 7.65. The molecule has 2 aromatic carbocycles. The monoisotopic (exact) mass is 267 g/mol. The van der Waals surface area contributed by atoms with Crippen molar-refractivity contribution >= 4 is 29.1 Å². The first-order chi connectivity index (χ1) is 8.11. The van der Waals surface area contributed by atoms with Gasteiger partial charge in [0.2, 0.25) is 0 Å². The zero-order chi connectivity index (χ0) is 12.4. The predicted octanol–water partition coefficient (Wildman–Crippen LogP) is 4.45. The minimum atomic E-state index is -0.396. The summed E-state index contributed by atoms with van der Waals surface area (Å²) in [5.74, 6) is -0.396. The molecule has 0 amide bonds. The lowest BCUT2D eigenvalue weighted by Crippen LogP contribution is -1.91. The van der Waals surface area contributed by atoms with E-state index in [-0.39, 0.29) is 0 Å². The Balaban J connectivity index is 2.52. The third-order valence-corrected chi connectivity index (χ3v) is 3.48. The third-order valence-electron chi connectivity index (χ3n) is 2.44. The molecule has 4 heteroatoms. The van der Waals surface area contributed by atoms with Crippen molar-refractivity contribution in [3.63, 3.8) is 0 Å². The predicted molar refractivity (Wildman–Crippen MR) is 73.0 cm³/mol. The number of halogens is 2. The van der Waals surface area contributed by atoms with E-state index in [1.807, 2.05) is 30.5 Å². The van der Waals surface area contributed by atoms with Crippen molar-refractivity contribution in [1.82, 2.24) is 0 Å². The summed E-state index contributed by atoms with van der Waals surface area (Å²) < 4.78 is 13.8. The lowest BCUT2D eigenvalue weighted by atomic mass is 10.0. The largest absolute Gasteiger partial charge is 0.399 e. The van der Waals surface area contributed by atoms with E-state index in [2.05, 4.69) is 0 Å². The minimum absolute atomic E-state index is 0.331. The topological polar surface area (TPSA) is 26.0 Å². The molecule has 2 N–H and O–H groups in total. The Bertz CT molecular complexity index is 517. The fourth-order valence-corrected chi connectivity index (χ4v) is 2.36. The van der Waals surface area contributed by atoms with Crippen molar-refractivity contribution in [3.8, 4) is 11.1 Å². The summed E-state index contributed by atoms with van der Waals surface area (Å²) in [5.41, 5.74) is 7.01. The zero-order valence-electron chi connectivity index (χ0n) is 9.21. The van der Waals surface area contributed by atoms with Gasteiger partial charge in [-0.3, -0.25) is 0 Å². The molecule has 0 bridgehead atoms. The Morgan fingerprint density at radius 3 is 2.35 bits per heavy atom. The van der Waals surface area contributed by atoms with Gasteiger partial charge in [0, 0.05) is 16.1 Å². The Kier molecular flexibility index (Phi) is 3.60. The number of thioether (sulfide) groups is 1. The van der Waals surface area contributed by atoms with Gasteiger partial charge in [0.25, 0.3) is 0 Å². The first kappa shape index (κ1) is 12.3. The van der Waals surface area contributed by atoms with Gasteiger partial charge in [-0.25, -0.2) is 4.39 Å². The second-order valence-electron chi connectivity index (χ2n) is 3.59. The van der Waals surface area contributed by atoms with Crippen LogP contribution in [0.15, 0.2) is 41.3 Å². The van der Waals surface area contributed by atoms with E-state index in [1.54, 1.807) is 17.8 Å². The number of rotatable bonds is 2. The van der Waals surface area contributed by atoms with Crippen LogP contribution in [0.2, 0.25) is 5.02 Å². The van der Waals surface area contributed by atoms with Gasteiger partial charge >= 0.3 is 0 Å². The van der Waals surface area contributed by atoms with Crippen LogP contribution in [0.25, 0.3) is 11.1 Å². The summed E-state index contributed by atoms with van der Waals surface area (Å²) in [5, 5.41) is 0.333. The number of benzene rings is 2. The SMILES string of the molecule is CSc1ccc(-c2c(F)cc(N)cc2Cl)cc1. The van der Waals surface area contributed by atoms with E-state index < -0.39 is 5.82 Å². The average Bonchev–Trinajstić information content (AvgIpc) is 2.28. The second kappa shape index (κ2) is 4.98. The molecule has 0 atom stereocenters. The fraction of sp³-hybridized carbons (Fsp3) is 0.0769. The Hall–Kier alpha value is -1.19. The Labute approximate surface area is 109 Å². The summed E-state index contributed by atoms with van der Waals surface area (Å²) in [6.45, 7) is 0. The first-order valence-electron chi connectivity index (χ1n) is 5.01. The molecule has 0 spiro atoms. The molecule has 0 aliphatic carbocycles. The molecule has 0 radical (unpaired) electrons. The first-order valence-corrected chi connectivity index (χ1v) is 6.61. The maximum Gasteiger partial charge on any atom is 0.134 e. The molecule has 0 saturated carbocycles. The van der Waals surface area contributed by atoms with Crippen LogP contribution < -0.4 is 5.73 Å². The third kappa shape index (κ3) is 2.56. The highest BCUT2D eigenvalue weighted by molar-refractivity contribution is 7.98. The van der Waals surface area contributed by atoms with Crippen molar-refractivity contribution < 1.29 is 4.39 Å². The summed E-state index contributed by atoms with van der Waals surface area (Å²) in [4.78, 5) is 1.13. The van der Waals surface area contributed by atoms with Gasteiger partial charge in [0.05, 0.1) is 5.02 Å². The highest BCUT2D eigenvalue weighted by atomic mass is 35.5. The lowest BCUT2D eigenvalue weighted by Gasteiger charge is -2.08. The highest BCUT2D eigenvalue weighted by Crippen LogP contribution is 2.33. The number of nitrogen functional groups attached to an aromatic ring is 1. The van der Waals surface area contributed by atoms with Crippen molar-refractivity contribution in [3.05, 3.63) is 47.2 Å². The van der Waals surface area contributed by atoms with Crippen molar-refractivity contribution in [2.24, 2.45) is 0 Å². The van der Waals surface area contributed by atoms with E-state index >= 15 is 0 Å². The summed E-state index contributed by atoms with van der Waals surface area (Å²) in [7, 11) is 0. The van der Waals surface area contributed by atoms with Gasteiger partial charge < -0.3 is 5.73 Å². The second-order valence-corrected chi connectivity index (χ2v) is 4.87. The van der Waals surface area contributed by atoms with Crippen LogP contribution in [-0.4, -0.2) is 6.26 Å². The summed E-state index contributed by atoms with van der Waals surface area (Å²) in [6, 6.07) is 10.4. The van der Waals surface area contributed by atoms with E-state index in [0.29, 0.717) is 16.3 Å². The molecule has 0 aromatic heterocycles. The normalized spacial score (nSPS) is 10.5. The molecule has 0 aliphatic heterocycles. The van der Waals surface area contributed by atoms with Crippen molar-refractivity contribution in [2.75, 3.05) is 12.0 Å². The molecule has 0 aliphatic rings. The standard InChI is InChI=1S/C13H11ClFNS/c1-17-10-4-2-8(3-5-10)13-11(14)6-9(16)7-12(13)15/h2-7H,16H2,1H3. The van der Waals surface area contributed by atoms with Gasteiger partial charge in [0.1, 0.15) is 5.82 Å². The Morgan fingerprint density at radius 1 is 1.18 bits per heavy atom. The minimum Gasteiger partial charge on any atom is -0.399 e. The molecule has 1 nitrogen and oxygen atoms in total. The van der Waals surface area contributed by atoms with Crippen LogP contribution in [-0.2, 0) is 0 Å². The molecular weight excluding hydrogens is 257 g/mol. The molecule has 0 unspecified atom stereocenters. The van der Waals surface area contributed by atoms with E-state index in [1.165, 1.54) is 6.07 Å². The molecular formula is C13H11ClFNS. The summed E-state index contributed by atoms with van der Waals surface area (Å²) in [6.07, 6.45) is 1.99. The van der Waals surface area contributed by atoms with Gasteiger partial charge in [-0.15, -0.1) is 11.8 Å². The number of anilines is 1. The van der Waals surface area contributed by atoms with Gasteiger partial charge in [0.15, 0.2) is 0 Å². The highest BCUT2D eigenvalue weighted by Gasteiger charge is 2.10. The fourth-order valence-electron chi connectivity index (χ4n) is 1.63. The molecule has 0 fully saturated rings. The van der Waals surface area contributed by atoms with Crippen LogP contribution in [0.5, 0.6) is 0 Å². The van der Waals surface area contributed by atoms with E-state index in [9.17, 15) is 4.39 Å². The molecule has 0 saturated heterocycles. The van der Waals surface area contributed by atoms with Gasteiger partial charge in [-0.2, -0.15) is 0 Å². The lowest BCUT2D eigenvalue weighted by molar-refractivity contribution is 0.632. The van der Waals surface area contributed by atoms with Crippen LogP contribution >= 0.6 is 23.4 Å². The average molecular weight is 268 g/mol. The molecule has 0 heterocycles. The number of nitrogens with two attached hydrogens (primary N) is 1. The van der Waals surface area contributed by atoms with Crippen LogP contribution in [0.3, 0.4) is 0 Å². The Morgan fingerprint density at radius 2 is 1.82 bits per heavy atom. The van der Waals surface area contributed by atoms with Gasteiger partial charge in [-0.1, -0.05) is 23.7 Å².